The molecule has 0 saturated carbocycles. The number of unbranched alkanes of at least 4 members (excludes halogenated alkanes) is 9. The zero-order valence-electron chi connectivity index (χ0n) is 31.1. The van der Waals surface area contributed by atoms with Crippen LogP contribution < -0.4 is 21.2 Å². The van der Waals surface area contributed by atoms with E-state index in [1.54, 1.807) is 0 Å². The van der Waals surface area contributed by atoms with Gasteiger partial charge in [0, 0.05) is 12.5 Å². The highest BCUT2D eigenvalue weighted by Gasteiger charge is 2.28. The van der Waals surface area contributed by atoms with E-state index < -0.39 is 14.1 Å². The van der Waals surface area contributed by atoms with Crippen molar-refractivity contribution in [2.45, 2.75) is 108 Å². The molecule has 0 fully saturated rings. The lowest BCUT2D eigenvalue weighted by molar-refractivity contribution is 0.121. The Kier molecular flexibility index (Phi) is 15.9. The molecule has 0 heterocycles. The van der Waals surface area contributed by atoms with Crippen LogP contribution in [0.15, 0.2) is 127 Å². The van der Waals surface area contributed by atoms with Crippen molar-refractivity contribution in [2.75, 3.05) is 6.54 Å². The summed E-state index contributed by atoms with van der Waals surface area (Å²) in [5.74, 6) is 0.738. The van der Waals surface area contributed by atoms with Gasteiger partial charge in [-0.2, -0.15) is 0 Å². The minimum Gasteiger partial charge on any atom is -0.379 e. The predicted molar refractivity (Wildman–Crippen MR) is 230 cm³/mol. The summed E-state index contributed by atoms with van der Waals surface area (Å²) in [6, 6.07) is 46.2. The molecular weight excluding hydrogens is 708 g/mol. The predicted octanol–water partition coefficient (Wildman–Crippen LogP) is 12.2. The average molecular weight is 765 g/mol. The van der Waals surface area contributed by atoms with Gasteiger partial charge in [0.25, 0.3) is 0 Å². The normalized spacial score (nSPS) is 16.1. The van der Waals surface area contributed by atoms with E-state index in [0.29, 0.717) is 21.9 Å². The molecule has 53 heavy (non-hydrogen) atoms. The molecule has 0 saturated heterocycles. The van der Waals surface area contributed by atoms with Crippen LogP contribution in [0.2, 0.25) is 10.0 Å². The molecule has 1 aliphatic rings. The second kappa shape index (κ2) is 21.2. The first-order valence-corrected chi connectivity index (χ1v) is 22.1. The molecule has 0 aliphatic heterocycles. The fourth-order valence-corrected chi connectivity index (χ4v) is 10.6. The maximum absolute atomic E-state index is 10.7. The number of benzene rings is 5. The lowest BCUT2D eigenvalue weighted by Gasteiger charge is -2.33. The number of hydrogen-bond donors (Lipinski definition) is 2. The lowest BCUT2D eigenvalue weighted by atomic mass is 9.74. The quantitative estimate of drug-likeness (QED) is 0.0470. The number of aliphatic hydroxyl groups excluding tert-OH is 1. The van der Waals surface area contributed by atoms with Crippen LogP contribution in [0.3, 0.4) is 0 Å². The number of aryl methyl sites for hydroxylation is 1. The third kappa shape index (κ3) is 11.8. The molecule has 5 aromatic carbocycles. The van der Waals surface area contributed by atoms with Crippen molar-refractivity contribution in [2.24, 2.45) is 0 Å². The van der Waals surface area contributed by atoms with Crippen LogP contribution in [-0.2, 0) is 6.42 Å². The summed E-state index contributed by atoms with van der Waals surface area (Å²) in [6.07, 6.45) is 16.5. The number of halogens is 2. The molecule has 0 radical (unpaired) electrons. The molecule has 0 aromatic heterocycles. The molecule has 5 heteroatoms. The van der Waals surface area contributed by atoms with Gasteiger partial charge < -0.3 is 5.11 Å². The van der Waals surface area contributed by atoms with Gasteiger partial charge in [-0.3, -0.25) is 5.32 Å². The minimum absolute atomic E-state index is 0.330. The highest BCUT2D eigenvalue weighted by Crippen LogP contribution is 2.43. The third-order valence-corrected chi connectivity index (χ3v) is 14.2. The smallest absolute Gasteiger partial charge is 0.104 e. The standard InChI is InChI=1S/C48H56Cl2NOP/c49-46-34-30-38(35-47(46)50)44-33-29-39(43-24-17-18-25-45(43)44)36-51-48(52)26-16-8-6-4-2-1-3-5-7-11-19-37-27-31-42(32-28-37)53(40-20-12-9-13-21-40)41-22-14-10-15-23-41/h9-10,12-15,17-18,20-25,27-28,30-32,34-35,39,44,48,51-52H,1-8,11,16,19,26,29,33,36H2/t39-,44+,48?/m1/s1. The molecule has 3 atom stereocenters. The maximum Gasteiger partial charge on any atom is 0.104 e. The summed E-state index contributed by atoms with van der Waals surface area (Å²) in [7, 11) is -0.531. The Balaban J connectivity index is 0.800. The van der Waals surface area contributed by atoms with E-state index in [1.807, 2.05) is 12.1 Å². The Morgan fingerprint density at radius 2 is 1.11 bits per heavy atom. The molecule has 1 unspecified atom stereocenters. The van der Waals surface area contributed by atoms with Crippen molar-refractivity contribution in [3.05, 3.63) is 160 Å². The van der Waals surface area contributed by atoms with Crippen LogP contribution in [0.25, 0.3) is 0 Å². The van der Waals surface area contributed by atoms with Crippen molar-refractivity contribution in [1.29, 1.82) is 0 Å². The van der Waals surface area contributed by atoms with Crippen LogP contribution in [-0.4, -0.2) is 17.9 Å². The molecular formula is C48H56Cl2NOP. The van der Waals surface area contributed by atoms with Gasteiger partial charge in [0.1, 0.15) is 6.23 Å². The molecule has 0 spiro atoms. The highest BCUT2D eigenvalue weighted by molar-refractivity contribution is 7.79. The molecule has 5 aromatic rings. The van der Waals surface area contributed by atoms with Crippen molar-refractivity contribution in [3.8, 4) is 0 Å². The van der Waals surface area contributed by atoms with Crippen molar-refractivity contribution in [3.63, 3.8) is 0 Å². The maximum atomic E-state index is 10.7. The van der Waals surface area contributed by atoms with E-state index in [0.717, 1.165) is 32.2 Å². The van der Waals surface area contributed by atoms with Gasteiger partial charge in [-0.25, -0.2) is 0 Å². The first-order valence-electron chi connectivity index (χ1n) is 20.0. The Morgan fingerprint density at radius 3 is 1.74 bits per heavy atom. The van der Waals surface area contributed by atoms with Crippen LogP contribution in [0.4, 0.5) is 0 Å². The first-order chi connectivity index (χ1) is 26.1. The van der Waals surface area contributed by atoms with Crippen molar-refractivity contribution < 1.29 is 5.11 Å². The van der Waals surface area contributed by atoms with Crippen LogP contribution in [0.1, 0.15) is 118 Å². The van der Waals surface area contributed by atoms with E-state index in [-0.39, 0.29) is 0 Å². The van der Waals surface area contributed by atoms with E-state index in [9.17, 15) is 5.11 Å². The van der Waals surface area contributed by atoms with Crippen LogP contribution in [0, 0.1) is 0 Å². The Bertz CT molecular complexity index is 1760. The second-order valence-corrected chi connectivity index (χ2v) is 17.8. The van der Waals surface area contributed by atoms with Gasteiger partial charge in [-0.15, -0.1) is 0 Å². The number of nitrogens with one attached hydrogen (secondary N) is 1. The largest absolute Gasteiger partial charge is 0.379 e. The average Bonchev–Trinajstić information content (AvgIpc) is 3.20. The van der Waals surface area contributed by atoms with Gasteiger partial charge in [0.05, 0.1) is 10.0 Å². The summed E-state index contributed by atoms with van der Waals surface area (Å²) in [5.41, 5.74) is 5.44. The molecule has 0 bridgehead atoms. The Labute approximate surface area is 330 Å². The molecule has 1 aliphatic carbocycles. The number of rotatable bonds is 20. The third-order valence-electron chi connectivity index (χ3n) is 11.0. The molecule has 6 rings (SSSR count). The molecule has 2 nitrogen and oxygen atoms in total. The Hall–Kier alpha value is -2.97. The first kappa shape index (κ1) is 39.7. The van der Waals surface area contributed by atoms with Gasteiger partial charge in [0.15, 0.2) is 0 Å². The summed E-state index contributed by atoms with van der Waals surface area (Å²) in [6.45, 7) is 0.809. The van der Waals surface area contributed by atoms with Crippen molar-refractivity contribution in [1.82, 2.24) is 5.32 Å². The number of hydrogen-bond acceptors (Lipinski definition) is 2. The van der Waals surface area contributed by atoms with E-state index in [1.165, 1.54) is 102 Å². The summed E-state index contributed by atoms with van der Waals surface area (Å²) >= 11 is 12.5. The Morgan fingerprint density at radius 1 is 0.566 bits per heavy atom. The summed E-state index contributed by atoms with van der Waals surface area (Å²) < 4.78 is 0. The van der Waals surface area contributed by atoms with Crippen LogP contribution >= 0.6 is 31.1 Å². The topological polar surface area (TPSA) is 32.3 Å². The zero-order valence-corrected chi connectivity index (χ0v) is 33.5. The summed E-state index contributed by atoms with van der Waals surface area (Å²) in [5, 5.41) is 19.6. The van der Waals surface area contributed by atoms with Crippen molar-refractivity contribution >= 4 is 47.0 Å². The fraction of sp³-hybridized carbons (Fsp3) is 0.375. The SMILES string of the molecule is OC(CCCCCCCCCCCCc1ccc(P(c2ccccc2)c2ccccc2)cc1)NC[C@H]1CC[C@@H](c2ccc(Cl)c(Cl)c2)c2ccccc21. The van der Waals surface area contributed by atoms with Gasteiger partial charge >= 0.3 is 0 Å². The monoisotopic (exact) mass is 763 g/mol. The van der Waals surface area contributed by atoms with E-state index >= 15 is 0 Å². The highest BCUT2D eigenvalue weighted by atomic mass is 35.5. The zero-order chi connectivity index (χ0) is 36.7. The molecule has 2 N–H and O–H groups in total. The molecule has 0 amide bonds. The number of fused-ring (bicyclic) bond motifs is 1. The van der Waals surface area contributed by atoms with E-state index in [4.69, 9.17) is 23.2 Å². The minimum atomic E-state index is -0.531. The van der Waals surface area contributed by atoms with Crippen LogP contribution in [0.5, 0.6) is 0 Å². The number of aliphatic hydroxyl groups is 1. The summed E-state index contributed by atoms with van der Waals surface area (Å²) in [4.78, 5) is 0. The fourth-order valence-electron chi connectivity index (χ4n) is 8.04. The van der Waals surface area contributed by atoms with E-state index in [2.05, 4.69) is 121 Å². The van der Waals surface area contributed by atoms with Gasteiger partial charge in [-0.05, 0) is 103 Å². The second-order valence-electron chi connectivity index (χ2n) is 14.8. The van der Waals surface area contributed by atoms with Gasteiger partial charge in [0.2, 0.25) is 0 Å². The lowest BCUT2D eigenvalue weighted by Crippen LogP contribution is -2.34. The van der Waals surface area contributed by atoms with Gasteiger partial charge in [-0.1, -0.05) is 190 Å². The molecule has 278 valence electrons.